The van der Waals surface area contributed by atoms with Gasteiger partial charge in [-0.2, -0.15) is 0 Å². The maximum Gasteiger partial charge on any atom is 0.267 e. The minimum atomic E-state index is -3.69. The molecule has 0 atom stereocenters. The molecule has 2 aromatic rings. The third-order valence-electron chi connectivity index (χ3n) is 3.82. The average molecular weight is 347 g/mol. The lowest BCUT2D eigenvalue weighted by molar-refractivity contribution is 0.0995. The Bertz CT molecular complexity index is 827. The summed E-state index contributed by atoms with van der Waals surface area (Å²) in [5.41, 5.74) is 6.09. The van der Waals surface area contributed by atoms with E-state index in [1.807, 2.05) is 0 Å². The number of primary amides is 1. The summed E-state index contributed by atoms with van der Waals surface area (Å²) in [4.78, 5) is 17.1. The fourth-order valence-electron chi connectivity index (χ4n) is 2.48. The van der Waals surface area contributed by atoms with Crippen LogP contribution < -0.4 is 10.6 Å². The normalized spacial score (nSPS) is 15.2. The lowest BCUT2D eigenvalue weighted by atomic mass is 10.2. The van der Waals surface area contributed by atoms with Crippen LogP contribution in [0.5, 0.6) is 0 Å². The second-order valence-electron chi connectivity index (χ2n) is 5.34. The molecule has 0 saturated carbocycles. The molecule has 0 spiro atoms. The van der Waals surface area contributed by atoms with Gasteiger partial charge in [-0.15, -0.1) is 0 Å². The molecule has 1 amide bonds. The molecule has 3 rings (SSSR count). The topological polar surface area (TPSA) is 103 Å². The zero-order chi connectivity index (χ0) is 17.2. The van der Waals surface area contributed by atoms with Crippen LogP contribution in [0, 0.1) is 0 Å². The number of carbonyl (C=O) groups excluding carboxylic acids is 1. The van der Waals surface area contributed by atoms with Crippen LogP contribution in [-0.4, -0.2) is 45.6 Å². The summed E-state index contributed by atoms with van der Waals surface area (Å²) >= 11 is 0. The van der Waals surface area contributed by atoms with Gasteiger partial charge >= 0.3 is 0 Å². The van der Waals surface area contributed by atoms with E-state index in [1.165, 1.54) is 12.1 Å². The number of nitrogens with two attached hydrogens (primary N) is 1. The fourth-order valence-corrected chi connectivity index (χ4v) is 3.68. The lowest BCUT2D eigenvalue weighted by Gasteiger charge is -2.28. The van der Waals surface area contributed by atoms with Gasteiger partial charge in [0, 0.05) is 25.0 Å². The van der Waals surface area contributed by atoms with Crippen LogP contribution >= 0.6 is 0 Å². The molecule has 1 aromatic carbocycles. The highest BCUT2D eigenvalue weighted by Gasteiger charge is 2.19. The van der Waals surface area contributed by atoms with E-state index in [0.717, 1.165) is 25.0 Å². The maximum atomic E-state index is 12.6. The standard InChI is InChI=1S/C16H17N3O4S/c17-16(20)15-6-5-14(11-18-15)24(21,22)13-3-1-12(2-4-13)19-7-9-23-10-8-19/h1-6,11H,7-10H2,(H2,17,20). The van der Waals surface area contributed by atoms with Crippen molar-refractivity contribution in [1.82, 2.24) is 4.98 Å². The molecule has 2 N–H and O–H groups in total. The first-order valence-electron chi connectivity index (χ1n) is 7.42. The van der Waals surface area contributed by atoms with Crippen LogP contribution in [0.3, 0.4) is 0 Å². The van der Waals surface area contributed by atoms with Crippen LogP contribution in [0.1, 0.15) is 10.5 Å². The maximum absolute atomic E-state index is 12.6. The number of nitrogens with zero attached hydrogens (tertiary/aromatic N) is 2. The van der Waals surface area contributed by atoms with E-state index in [4.69, 9.17) is 10.5 Å². The number of pyridine rings is 1. The molecule has 1 aliphatic heterocycles. The van der Waals surface area contributed by atoms with Gasteiger partial charge < -0.3 is 15.4 Å². The smallest absolute Gasteiger partial charge is 0.267 e. The molecule has 1 aliphatic rings. The van der Waals surface area contributed by atoms with Gasteiger partial charge in [0.05, 0.1) is 23.0 Å². The number of morpholine rings is 1. The molecular weight excluding hydrogens is 330 g/mol. The Balaban J connectivity index is 1.85. The third kappa shape index (κ3) is 3.24. The zero-order valence-corrected chi connectivity index (χ0v) is 13.7. The van der Waals surface area contributed by atoms with Gasteiger partial charge in [0.1, 0.15) is 5.69 Å². The Morgan fingerprint density at radius 3 is 2.21 bits per heavy atom. The van der Waals surface area contributed by atoms with E-state index >= 15 is 0 Å². The molecule has 1 saturated heterocycles. The largest absolute Gasteiger partial charge is 0.378 e. The predicted molar refractivity (Wildman–Crippen MR) is 87.7 cm³/mol. The minimum absolute atomic E-state index is 0.0200. The van der Waals surface area contributed by atoms with Gasteiger partial charge in [0.2, 0.25) is 9.84 Å². The second kappa shape index (κ2) is 6.58. The number of anilines is 1. The Kier molecular flexibility index (Phi) is 4.50. The Morgan fingerprint density at radius 1 is 1.04 bits per heavy atom. The number of amides is 1. The number of hydrogen-bond acceptors (Lipinski definition) is 6. The Labute approximate surface area is 140 Å². The first-order valence-corrected chi connectivity index (χ1v) is 8.90. The van der Waals surface area contributed by atoms with E-state index in [0.29, 0.717) is 13.2 Å². The SMILES string of the molecule is NC(=O)c1ccc(S(=O)(=O)c2ccc(N3CCOCC3)cc2)cn1. The summed E-state index contributed by atoms with van der Waals surface area (Å²) in [6, 6.07) is 9.34. The third-order valence-corrected chi connectivity index (χ3v) is 5.58. The minimum Gasteiger partial charge on any atom is -0.378 e. The van der Waals surface area contributed by atoms with Crippen molar-refractivity contribution in [2.45, 2.75) is 9.79 Å². The molecular formula is C16H17N3O4S. The van der Waals surface area contributed by atoms with E-state index in [-0.39, 0.29) is 15.5 Å². The van der Waals surface area contributed by atoms with E-state index < -0.39 is 15.7 Å². The first-order chi connectivity index (χ1) is 11.5. The average Bonchev–Trinajstić information content (AvgIpc) is 2.62. The van der Waals surface area contributed by atoms with Gasteiger partial charge in [-0.25, -0.2) is 13.4 Å². The van der Waals surface area contributed by atoms with Crippen molar-refractivity contribution >= 4 is 21.4 Å². The number of benzene rings is 1. The van der Waals surface area contributed by atoms with Gasteiger partial charge in [0.15, 0.2) is 0 Å². The number of sulfone groups is 1. The fraction of sp³-hybridized carbons (Fsp3) is 0.250. The van der Waals surface area contributed by atoms with E-state index in [1.54, 1.807) is 24.3 Å². The molecule has 7 nitrogen and oxygen atoms in total. The van der Waals surface area contributed by atoms with Crippen molar-refractivity contribution < 1.29 is 17.9 Å². The van der Waals surface area contributed by atoms with Crippen molar-refractivity contribution in [2.24, 2.45) is 5.73 Å². The summed E-state index contributed by atoms with van der Waals surface area (Å²) in [6.07, 6.45) is 1.14. The number of aromatic nitrogens is 1. The number of ether oxygens (including phenoxy) is 1. The Morgan fingerprint density at radius 2 is 1.67 bits per heavy atom. The van der Waals surface area contributed by atoms with Crippen molar-refractivity contribution in [3.05, 3.63) is 48.3 Å². The van der Waals surface area contributed by atoms with Crippen LogP contribution in [0.25, 0.3) is 0 Å². The molecule has 0 radical (unpaired) electrons. The molecule has 0 aliphatic carbocycles. The van der Waals surface area contributed by atoms with Crippen LogP contribution in [-0.2, 0) is 14.6 Å². The summed E-state index contributed by atoms with van der Waals surface area (Å²) < 4.78 is 30.5. The van der Waals surface area contributed by atoms with Crippen molar-refractivity contribution in [3.8, 4) is 0 Å². The van der Waals surface area contributed by atoms with Crippen LogP contribution in [0.2, 0.25) is 0 Å². The molecule has 0 bridgehead atoms. The molecule has 126 valence electrons. The number of carbonyl (C=O) groups is 1. The number of rotatable bonds is 4. The van der Waals surface area contributed by atoms with Crippen LogP contribution in [0.15, 0.2) is 52.4 Å². The molecule has 2 heterocycles. The summed E-state index contributed by atoms with van der Waals surface area (Å²) in [5, 5.41) is 0. The number of hydrogen-bond donors (Lipinski definition) is 1. The quantitative estimate of drug-likeness (QED) is 0.879. The van der Waals surface area contributed by atoms with Crippen LogP contribution in [0.4, 0.5) is 5.69 Å². The molecule has 24 heavy (non-hydrogen) atoms. The zero-order valence-electron chi connectivity index (χ0n) is 12.9. The summed E-state index contributed by atoms with van der Waals surface area (Å²) in [6.45, 7) is 2.89. The Hall–Kier alpha value is -2.45. The highest BCUT2D eigenvalue weighted by Crippen LogP contribution is 2.24. The van der Waals surface area contributed by atoms with E-state index in [9.17, 15) is 13.2 Å². The second-order valence-corrected chi connectivity index (χ2v) is 7.29. The highest BCUT2D eigenvalue weighted by molar-refractivity contribution is 7.91. The molecule has 8 heteroatoms. The van der Waals surface area contributed by atoms with Gasteiger partial charge in [0.25, 0.3) is 5.91 Å². The summed E-state index contributed by atoms with van der Waals surface area (Å²) in [5.74, 6) is -0.700. The first kappa shape index (κ1) is 16.4. The van der Waals surface area contributed by atoms with Gasteiger partial charge in [-0.05, 0) is 36.4 Å². The highest BCUT2D eigenvalue weighted by atomic mass is 32.2. The molecule has 1 fully saturated rings. The molecule has 0 unspecified atom stereocenters. The summed E-state index contributed by atoms with van der Waals surface area (Å²) in [7, 11) is -3.69. The lowest BCUT2D eigenvalue weighted by Crippen LogP contribution is -2.36. The molecule has 1 aromatic heterocycles. The van der Waals surface area contributed by atoms with Crippen molar-refractivity contribution in [1.29, 1.82) is 0 Å². The van der Waals surface area contributed by atoms with Gasteiger partial charge in [-0.1, -0.05) is 0 Å². The van der Waals surface area contributed by atoms with Crippen molar-refractivity contribution in [3.63, 3.8) is 0 Å². The van der Waals surface area contributed by atoms with Crippen molar-refractivity contribution in [2.75, 3.05) is 31.2 Å². The predicted octanol–water partition coefficient (Wildman–Crippen LogP) is 0.850. The van der Waals surface area contributed by atoms with Gasteiger partial charge in [-0.3, -0.25) is 4.79 Å². The van der Waals surface area contributed by atoms with E-state index in [2.05, 4.69) is 9.88 Å². The monoisotopic (exact) mass is 347 g/mol.